The van der Waals surface area contributed by atoms with Crippen LogP contribution in [0.2, 0.25) is 0 Å². The molecule has 3 aromatic rings. The molecule has 3 amide bonds. The second-order valence-electron chi connectivity index (χ2n) is 8.11. The molecule has 2 aliphatic heterocycles. The van der Waals surface area contributed by atoms with Gasteiger partial charge >= 0.3 is 12.2 Å². The molecule has 5 rings (SSSR count). The van der Waals surface area contributed by atoms with Crippen molar-refractivity contribution in [3.05, 3.63) is 59.9 Å². The van der Waals surface area contributed by atoms with Gasteiger partial charge in [0.2, 0.25) is 0 Å². The number of Topliss-reactive ketones (excluding diaryl/α,β-unsaturated/α-hetero) is 1. The van der Waals surface area contributed by atoms with E-state index >= 15 is 0 Å². The van der Waals surface area contributed by atoms with E-state index in [-0.39, 0.29) is 24.4 Å². The molecule has 2 aromatic heterocycles. The number of nitrogens with zero attached hydrogens (tertiary/aromatic N) is 5. The summed E-state index contributed by atoms with van der Waals surface area (Å²) in [5.41, 5.74) is -0.160. The lowest BCUT2D eigenvalue weighted by molar-refractivity contribution is -0.141. The smallest absolute Gasteiger partial charge is 0.352 e. The number of halogens is 3. The molecule has 2 saturated heterocycles. The zero-order valence-electron chi connectivity index (χ0n) is 17.9. The van der Waals surface area contributed by atoms with E-state index in [2.05, 4.69) is 9.97 Å². The summed E-state index contributed by atoms with van der Waals surface area (Å²) in [6.45, 7) is 2.09. The van der Waals surface area contributed by atoms with Crippen LogP contribution >= 0.6 is 0 Å². The van der Waals surface area contributed by atoms with Crippen LogP contribution in [0.5, 0.6) is 0 Å². The van der Waals surface area contributed by atoms with E-state index in [4.69, 9.17) is 0 Å². The highest BCUT2D eigenvalue weighted by Gasteiger charge is 2.48. The first-order chi connectivity index (χ1) is 16.1. The van der Waals surface area contributed by atoms with Crippen LogP contribution < -0.4 is 9.80 Å². The largest absolute Gasteiger partial charge is 0.433 e. The lowest BCUT2D eigenvalue weighted by Gasteiger charge is -2.36. The van der Waals surface area contributed by atoms with Gasteiger partial charge in [-0.3, -0.25) is 9.59 Å². The van der Waals surface area contributed by atoms with Gasteiger partial charge in [-0.15, -0.1) is 0 Å². The topological polar surface area (TPSA) is 86.7 Å². The molecule has 1 atom stereocenters. The van der Waals surface area contributed by atoms with Gasteiger partial charge in [0.15, 0.2) is 5.78 Å². The number of rotatable bonds is 3. The highest BCUT2D eigenvalue weighted by atomic mass is 19.4. The molecule has 0 aliphatic carbocycles. The fourth-order valence-corrected chi connectivity index (χ4v) is 4.34. The predicted molar refractivity (Wildman–Crippen MR) is 117 cm³/mol. The summed E-state index contributed by atoms with van der Waals surface area (Å²) in [4.78, 5) is 50.3. The van der Waals surface area contributed by atoms with Gasteiger partial charge in [0.05, 0.1) is 11.2 Å². The number of piperazine rings is 1. The molecule has 174 valence electrons. The molecule has 0 N–H and O–H groups in total. The fraction of sp³-hybridized carbons (Fsp3) is 0.261. The zero-order valence-corrected chi connectivity index (χ0v) is 17.9. The van der Waals surface area contributed by atoms with Crippen molar-refractivity contribution in [3.63, 3.8) is 0 Å². The summed E-state index contributed by atoms with van der Waals surface area (Å²) in [5, 5.41) is 0.423. The molecule has 1 aromatic carbocycles. The second kappa shape index (κ2) is 7.79. The summed E-state index contributed by atoms with van der Waals surface area (Å²) in [5.74, 6) is -0.224. The van der Waals surface area contributed by atoms with Gasteiger partial charge in [0.1, 0.15) is 17.6 Å². The van der Waals surface area contributed by atoms with Crippen LogP contribution in [-0.2, 0) is 11.0 Å². The van der Waals surface area contributed by atoms with Crippen molar-refractivity contribution in [1.82, 2.24) is 14.9 Å². The minimum absolute atomic E-state index is 0.126. The summed E-state index contributed by atoms with van der Waals surface area (Å²) in [6.07, 6.45) is -3.19. The number of fused-ring (bicyclic) bond motifs is 2. The number of aromatic nitrogens is 2. The van der Waals surface area contributed by atoms with Gasteiger partial charge in [-0.25, -0.2) is 19.7 Å². The van der Waals surface area contributed by atoms with Gasteiger partial charge in [-0.05, 0) is 37.3 Å². The number of benzene rings is 1. The Bertz CT molecular complexity index is 1340. The fourth-order valence-electron chi connectivity index (χ4n) is 4.34. The van der Waals surface area contributed by atoms with Crippen LogP contribution in [0.3, 0.4) is 0 Å². The Hall–Kier alpha value is -4.02. The van der Waals surface area contributed by atoms with E-state index in [1.165, 1.54) is 36.2 Å². The second-order valence-corrected chi connectivity index (χ2v) is 8.11. The summed E-state index contributed by atoms with van der Waals surface area (Å²) in [7, 11) is 0. The van der Waals surface area contributed by atoms with Crippen molar-refractivity contribution < 1.29 is 27.6 Å². The van der Waals surface area contributed by atoms with E-state index in [0.29, 0.717) is 29.0 Å². The molecule has 34 heavy (non-hydrogen) atoms. The summed E-state index contributed by atoms with van der Waals surface area (Å²) < 4.78 is 39.2. The minimum atomic E-state index is -4.57. The third-order valence-corrected chi connectivity index (χ3v) is 6.02. The van der Waals surface area contributed by atoms with Crippen molar-refractivity contribution in [1.29, 1.82) is 0 Å². The van der Waals surface area contributed by atoms with E-state index in [1.807, 2.05) is 0 Å². The highest BCUT2D eigenvalue weighted by molar-refractivity contribution is 6.22. The molecule has 8 nitrogen and oxygen atoms in total. The maximum absolute atomic E-state index is 13.2. The standard InChI is InChI=1S/C23H18F3N5O3/c1-13(32)14-3-2-4-15(11-14)31-21(33)18-12-29(9-10-30(18)22(31)34)20-16-5-6-19(23(24,25)26)28-17(16)7-8-27-20/h2-8,11,18H,9-10,12H2,1H3. The van der Waals surface area contributed by atoms with E-state index in [1.54, 1.807) is 23.1 Å². The van der Waals surface area contributed by atoms with Crippen LogP contribution in [0.15, 0.2) is 48.7 Å². The Morgan fingerprint density at radius 2 is 1.88 bits per heavy atom. The number of amides is 3. The maximum Gasteiger partial charge on any atom is 0.433 e. The minimum Gasteiger partial charge on any atom is -0.352 e. The molecule has 11 heteroatoms. The van der Waals surface area contributed by atoms with Gasteiger partial charge in [-0.2, -0.15) is 13.2 Å². The maximum atomic E-state index is 13.2. The predicted octanol–water partition coefficient (Wildman–Crippen LogP) is 3.51. The third-order valence-electron chi connectivity index (χ3n) is 6.02. The average Bonchev–Trinajstić information content (AvgIpc) is 3.07. The molecule has 1 unspecified atom stereocenters. The summed E-state index contributed by atoms with van der Waals surface area (Å²) >= 11 is 0. The number of hydrogen-bond acceptors (Lipinski definition) is 6. The number of ketones is 1. The number of carbonyl (C=O) groups is 3. The van der Waals surface area contributed by atoms with Crippen molar-refractivity contribution in [2.45, 2.75) is 19.1 Å². The molecule has 0 saturated carbocycles. The number of pyridine rings is 2. The van der Waals surface area contributed by atoms with Gasteiger partial charge in [-0.1, -0.05) is 12.1 Å². The Labute approximate surface area is 191 Å². The Morgan fingerprint density at radius 3 is 2.62 bits per heavy atom. The van der Waals surface area contributed by atoms with E-state index < -0.39 is 29.9 Å². The number of anilines is 2. The van der Waals surface area contributed by atoms with Crippen molar-refractivity contribution >= 4 is 40.1 Å². The van der Waals surface area contributed by atoms with Gasteiger partial charge in [0, 0.05) is 36.8 Å². The van der Waals surface area contributed by atoms with Gasteiger partial charge < -0.3 is 9.80 Å². The zero-order chi connectivity index (χ0) is 24.2. The number of carbonyl (C=O) groups excluding carboxylic acids is 3. The van der Waals surface area contributed by atoms with Crippen LogP contribution in [0, 0.1) is 0 Å². The Balaban J connectivity index is 1.45. The third kappa shape index (κ3) is 3.53. The quantitative estimate of drug-likeness (QED) is 0.431. The monoisotopic (exact) mass is 469 g/mol. The van der Waals surface area contributed by atoms with Crippen LogP contribution in [0.25, 0.3) is 10.9 Å². The molecular weight excluding hydrogens is 451 g/mol. The van der Waals surface area contributed by atoms with Crippen LogP contribution in [0.1, 0.15) is 23.0 Å². The van der Waals surface area contributed by atoms with Crippen molar-refractivity contribution in [3.8, 4) is 0 Å². The lowest BCUT2D eigenvalue weighted by atomic mass is 10.1. The molecular formula is C23H18F3N5O3. The molecule has 2 fully saturated rings. The molecule has 4 heterocycles. The van der Waals surface area contributed by atoms with Gasteiger partial charge in [0.25, 0.3) is 5.91 Å². The highest BCUT2D eigenvalue weighted by Crippen LogP contribution is 2.33. The SMILES string of the molecule is CC(=O)c1cccc(N2C(=O)C3CN(c4nccc5nc(C(F)(F)F)ccc45)CCN3C2=O)c1. The van der Waals surface area contributed by atoms with Crippen LogP contribution in [0.4, 0.5) is 29.5 Å². The molecule has 2 aliphatic rings. The summed E-state index contributed by atoms with van der Waals surface area (Å²) in [6, 6.07) is 8.67. The number of imide groups is 1. The first kappa shape index (κ1) is 21.8. The number of alkyl halides is 3. The number of urea groups is 1. The number of hydrogen-bond donors (Lipinski definition) is 0. The average molecular weight is 469 g/mol. The molecule has 0 radical (unpaired) electrons. The molecule has 0 spiro atoms. The molecule has 0 bridgehead atoms. The first-order valence-electron chi connectivity index (χ1n) is 10.5. The lowest BCUT2D eigenvalue weighted by Crippen LogP contribution is -2.53. The Kier molecular flexibility index (Phi) is 4.99. The first-order valence-corrected chi connectivity index (χ1v) is 10.5. The normalized spacial score (nSPS) is 18.6. The van der Waals surface area contributed by atoms with Crippen molar-refractivity contribution in [2.75, 3.05) is 29.4 Å². The van der Waals surface area contributed by atoms with E-state index in [9.17, 15) is 27.6 Å². The van der Waals surface area contributed by atoms with Crippen LogP contribution in [-0.4, -0.2) is 58.3 Å². The van der Waals surface area contributed by atoms with E-state index in [0.717, 1.165) is 11.0 Å². The van der Waals surface area contributed by atoms with Crippen molar-refractivity contribution in [2.24, 2.45) is 0 Å². The Morgan fingerprint density at radius 1 is 1.09 bits per heavy atom.